The van der Waals surface area contributed by atoms with E-state index in [1.807, 2.05) is 31.2 Å². The lowest BCUT2D eigenvalue weighted by Gasteiger charge is -2.51. The van der Waals surface area contributed by atoms with Gasteiger partial charge in [-0.15, -0.1) is 12.4 Å². The van der Waals surface area contributed by atoms with Crippen LogP contribution in [-0.4, -0.2) is 36.5 Å². The molecule has 2 aliphatic rings. The van der Waals surface area contributed by atoms with Gasteiger partial charge in [0.25, 0.3) is 5.91 Å². The van der Waals surface area contributed by atoms with Gasteiger partial charge in [0.05, 0.1) is 0 Å². The first-order chi connectivity index (χ1) is 11.2. The molecule has 2 unspecified atom stereocenters. The topological polar surface area (TPSA) is 32.3 Å². The highest BCUT2D eigenvalue weighted by molar-refractivity contribution is 6.01. The molecule has 1 amide bonds. The fourth-order valence-corrected chi connectivity index (χ4v) is 3.82. The van der Waals surface area contributed by atoms with E-state index in [-0.39, 0.29) is 18.3 Å². The highest BCUT2D eigenvalue weighted by Gasteiger charge is 2.43. The van der Waals surface area contributed by atoms with Gasteiger partial charge in [0.1, 0.15) is 0 Å². The van der Waals surface area contributed by atoms with Crippen LogP contribution in [0.4, 0.5) is 0 Å². The third-order valence-electron chi connectivity index (χ3n) is 5.17. The quantitative estimate of drug-likeness (QED) is 0.905. The Labute approximate surface area is 149 Å². The standard InChI is InChI=1S/C20H22N2O.ClH/c1-14-7-8-17(15-5-3-2-4-6-15)18(11-14)20(23)22-13-16-9-10-21-12-19(16)22;/h2-8,11,16,19,21H,9-10,12-13H2,1H3;1H. The molecule has 126 valence electrons. The molecule has 0 aliphatic carbocycles. The minimum Gasteiger partial charge on any atom is -0.334 e. The zero-order valence-corrected chi connectivity index (χ0v) is 14.7. The summed E-state index contributed by atoms with van der Waals surface area (Å²) in [5.74, 6) is 0.864. The summed E-state index contributed by atoms with van der Waals surface area (Å²) in [5, 5.41) is 3.42. The van der Waals surface area contributed by atoms with Gasteiger partial charge in [-0.25, -0.2) is 0 Å². The maximum absolute atomic E-state index is 13.1. The van der Waals surface area contributed by atoms with Crippen molar-refractivity contribution < 1.29 is 4.79 Å². The van der Waals surface area contributed by atoms with Crippen molar-refractivity contribution in [1.82, 2.24) is 10.2 Å². The number of carbonyl (C=O) groups is 1. The number of hydrogen-bond donors (Lipinski definition) is 1. The largest absolute Gasteiger partial charge is 0.334 e. The highest BCUT2D eigenvalue weighted by atomic mass is 35.5. The fourth-order valence-electron chi connectivity index (χ4n) is 3.82. The van der Waals surface area contributed by atoms with Crippen molar-refractivity contribution in [2.24, 2.45) is 5.92 Å². The second-order valence-electron chi connectivity index (χ2n) is 6.69. The van der Waals surface area contributed by atoms with Gasteiger partial charge in [-0.3, -0.25) is 4.79 Å². The molecule has 2 heterocycles. The lowest BCUT2D eigenvalue weighted by atomic mass is 9.82. The lowest BCUT2D eigenvalue weighted by Crippen LogP contribution is -2.65. The molecule has 1 N–H and O–H groups in total. The van der Waals surface area contributed by atoms with Crippen molar-refractivity contribution in [3.63, 3.8) is 0 Å². The number of benzene rings is 2. The van der Waals surface area contributed by atoms with Crippen molar-refractivity contribution >= 4 is 18.3 Å². The molecule has 0 bridgehead atoms. The fraction of sp³-hybridized carbons (Fsp3) is 0.350. The number of fused-ring (bicyclic) bond motifs is 1. The van der Waals surface area contributed by atoms with Crippen LogP contribution in [0, 0.1) is 12.8 Å². The molecule has 2 fully saturated rings. The smallest absolute Gasteiger partial charge is 0.254 e. The molecule has 4 heteroatoms. The second-order valence-corrected chi connectivity index (χ2v) is 6.69. The number of amides is 1. The summed E-state index contributed by atoms with van der Waals surface area (Å²) < 4.78 is 0. The number of nitrogens with zero attached hydrogens (tertiary/aromatic N) is 1. The number of rotatable bonds is 2. The summed E-state index contributed by atoms with van der Waals surface area (Å²) >= 11 is 0. The van der Waals surface area contributed by atoms with Crippen molar-refractivity contribution in [3.8, 4) is 11.1 Å². The average Bonchev–Trinajstić information content (AvgIpc) is 2.56. The van der Waals surface area contributed by atoms with Crippen LogP contribution >= 0.6 is 12.4 Å². The van der Waals surface area contributed by atoms with Crippen LogP contribution in [0.2, 0.25) is 0 Å². The van der Waals surface area contributed by atoms with Gasteiger partial charge in [0.15, 0.2) is 0 Å². The first-order valence-corrected chi connectivity index (χ1v) is 8.42. The lowest BCUT2D eigenvalue weighted by molar-refractivity contribution is 0.00287. The summed E-state index contributed by atoms with van der Waals surface area (Å²) in [6, 6.07) is 16.8. The van der Waals surface area contributed by atoms with Crippen LogP contribution in [0.15, 0.2) is 48.5 Å². The van der Waals surface area contributed by atoms with Crippen LogP contribution in [0.3, 0.4) is 0 Å². The maximum atomic E-state index is 13.1. The Morgan fingerprint density at radius 1 is 1.17 bits per heavy atom. The Bertz CT molecular complexity index is 732. The molecule has 2 aliphatic heterocycles. The van der Waals surface area contributed by atoms with Crippen LogP contribution < -0.4 is 5.32 Å². The van der Waals surface area contributed by atoms with E-state index in [2.05, 4.69) is 34.5 Å². The van der Waals surface area contributed by atoms with E-state index in [0.29, 0.717) is 12.0 Å². The molecule has 4 rings (SSSR count). The highest BCUT2D eigenvalue weighted by Crippen LogP contribution is 2.33. The summed E-state index contributed by atoms with van der Waals surface area (Å²) in [6.45, 7) is 4.98. The van der Waals surface area contributed by atoms with E-state index >= 15 is 0 Å². The van der Waals surface area contributed by atoms with Gasteiger partial charge in [-0.1, -0.05) is 48.0 Å². The molecule has 24 heavy (non-hydrogen) atoms. The molecule has 0 aromatic heterocycles. The van der Waals surface area contributed by atoms with Gasteiger partial charge in [0.2, 0.25) is 0 Å². The van der Waals surface area contributed by atoms with E-state index in [1.54, 1.807) is 0 Å². The zero-order chi connectivity index (χ0) is 15.8. The number of aryl methyl sites for hydroxylation is 1. The van der Waals surface area contributed by atoms with E-state index in [0.717, 1.165) is 41.9 Å². The van der Waals surface area contributed by atoms with E-state index in [1.165, 1.54) is 6.42 Å². The van der Waals surface area contributed by atoms with Crippen molar-refractivity contribution in [3.05, 3.63) is 59.7 Å². The van der Waals surface area contributed by atoms with Gasteiger partial charge >= 0.3 is 0 Å². The Kier molecular flexibility index (Phi) is 4.93. The van der Waals surface area contributed by atoms with Gasteiger partial charge in [0, 0.05) is 24.7 Å². The minimum absolute atomic E-state index is 0. The molecule has 0 saturated carbocycles. The normalized spacial score (nSPS) is 22.1. The molecule has 2 aromatic rings. The van der Waals surface area contributed by atoms with Crippen molar-refractivity contribution in [2.75, 3.05) is 19.6 Å². The Balaban J connectivity index is 0.00000169. The zero-order valence-electron chi connectivity index (χ0n) is 13.9. The predicted octanol–water partition coefficient (Wildman–Crippen LogP) is 3.52. The summed E-state index contributed by atoms with van der Waals surface area (Å²) in [4.78, 5) is 15.2. The Hall–Kier alpha value is -1.84. The minimum atomic E-state index is 0. The predicted molar refractivity (Wildman–Crippen MR) is 99.7 cm³/mol. The second kappa shape index (κ2) is 6.96. The first-order valence-electron chi connectivity index (χ1n) is 8.42. The Morgan fingerprint density at radius 2 is 1.96 bits per heavy atom. The monoisotopic (exact) mass is 342 g/mol. The number of nitrogens with one attached hydrogen (secondary N) is 1. The van der Waals surface area contributed by atoms with Gasteiger partial charge < -0.3 is 10.2 Å². The summed E-state index contributed by atoms with van der Waals surface area (Å²) in [5.41, 5.74) is 4.11. The molecule has 0 spiro atoms. The molecular formula is C20H23ClN2O. The Morgan fingerprint density at radius 3 is 2.71 bits per heavy atom. The van der Waals surface area contributed by atoms with Crippen LogP contribution in [0.1, 0.15) is 22.3 Å². The van der Waals surface area contributed by atoms with E-state index in [9.17, 15) is 4.79 Å². The van der Waals surface area contributed by atoms with Crippen LogP contribution in [0.5, 0.6) is 0 Å². The van der Waals surface area contributed by atoms with Crippen LogP contribution in [0.25, 0.3) is 11.1 Å². The summed E-state index contributed by atoms with van der Waals surface area (Å²) in [7, 11) is 0. The molecule has 2 aromatic carbocycles. The van der Waals surface area contributed by atoms with E-state index in [4.69, 9.17) is 0 Å². The van der Waals surface area contributed by atoms with Gasteiger partial charge in [-0.2, -0.15) is 0 Å². The third kappa shape index (κ3) is 2.94. The number of halogens is 1. The van der Waals surface area contributed by atoms with Crippen molar-refractivity contribution in [1.29, 1.82) is 0 Å². The molecule has 2 saturated heterocycles. The van der Waals surface area contributed by atoms with Crippen LogP contribution in [-0.2, 0) is 0 Å². The third-order valence-corrected chi connectivity index (χ3v) is 5.17. The molecular weight excluding hydrogens is 320 g/mol. The molecule has 2 atom stereocenters. The summed E-state index contributed by atoms with van der Waals surface area (Å²) in [6.07, 6.45) is 1.19. The van der Waals surface area contributed by atoms with Gasteiger partial charge in [-0.05, 0) is 43.0 Å². The number of piperidine rings is 1. The molecule has 3 nitrogen and oxygen atoms in total. The van der Waals surface area contributed by atoms with Crippen molar-refractivity contribution in [2.45, 2.75) is 19.4 Å². The first kappa shape index (κ1) is 17.0. The number of likely N-dealkylation sites (tertiary alicyclic amines) is 1. The maximum Gasteiger partial charge on any atom is 0.254 e. The average molecular weight is 343 g/mol. The van der Waals surface area contributed by atoms with E-state index < -0.39 is 0 Å². The molecule has 0 radical (unpaired) electrons. The SMILES string of the molecule is Cc1ccc(-c2ccccc2)c(C(=O)N2CC3CCNCC32)c1.Cl. The number of hydrogen-bond acceptors (Lipinski definition) is 2. The number of carbonyl (C=O) groups excluding carboxylic acids is 1.